The van der Waals surface area contributed by atoms with Gasteiger partial charge >= 0.3 is 24.7 Å². The summed E-state index contributed by atoms with van der Waals surface area (Å²) in [6.07, 6.45) is -8.32. The van der Waals surface area contributed by atoms with Gasteiger partial charge in [0.05, 0.1) is 43.5 Å². The highest BCUT2D eigenvalue weighted by molar-refractivity contribution is 5.91. The van der Waals surface area contributed by atoms with Gasteiger partial charge in [-0.15, -0.1) is 0 Å². The molecule has 0 bridgehead atoms. The van der Waals surface area contributed by atoms with Crippen LogP contribution in [0.3, 0.4) is 0 Å². The summed E-state index contributed by atoms with van der Waals surface area (Å²) in [4.78, 5) is 0. The molecule has 0 N–H and O–H groups in total. The Bertz CT molecular complexity index is 2410. The summed E-state index contributed by atoms with van der Waals surface area (Å²) in [6.45, 7) is 16.8. The first kappa shape index (κ1) is 63.4. The molecule has 1 aliphatic heterocycles. The number of halogens is 12. The largest absolute Gasteiger partial charge is 0.496 e. The number of unbranched alkanes of at least 4 members (excludes halogenated alkanes) is 10. The van der Waals surface area contributed by atoms with Crippen molar-refractivity contribution in [3.05, 3.63) is 93.0 Å². The van der Waals surface area contributed by atoms with Crippen molar-refractivity contribution in [1.82, 2.24) is 0 Å². The highest BCUT2D eigenvalue weighted by Crippen LogP contribution is 2.56. The number of hydrogen-bond acceptors (Lipinski definition) is 3. The van der Waals surface area contributed by atoms with Crippen LogP contribution in [0.1, 0.15) is 197 Å². The number of likely N-dealkylation sites (N-methyl/N-ethyl adjacent to an activating group) is 1. The Balaban J connectivity index is 2.10. The normalized spacial score (nSPS) is 15.0. The van der Waals surface area contributed by atoms with E-state index in [9.17, 15) is 52.7 Å². The zero-order chi connectivity index (χ0) is 57.9. The summed E-state index contributed by atoms with van der Waals surface area (Å²) < 4.78 is 198. The van der Waals surface area contributed by atoms with E-state index in [0.29, 0.717) is 59.4 Å². The van der Waals surface area contributed by atoms with E-state index in [4.69, 9.17) is 14.2 Å². The van der Waals surface area contributed by atoms with Crippen LogP contribution in [0.5, 0.6) is 11.5 Å². The van der Waals surface area contributed by atoms with Gasteiger partial charge < -0.3 is 18.7 Å². The minimum absolute atomic E-state index is 0.0148. The molecule has 0 unspecified atom stereocenters. The zero-order valence-electron chi connectivity index (χ0n) is 47.2. The predicted octanol–water partition coefficient (Wildman–Crippen LogP) is 20.1. The second-order valence-electron chi connectivity index (χ2n) is 23.6. The van der Waals surface area contributed by atoms with Crippen molar-refractivity contribution >= 4 is 0 Å². The molecular formula is C61H80F12NO3+. The zero-order valence-corrected chi connectivity index (χ0v) is 47.2. The lowest BCUT2D eigenvalue weighted by Gasteiger charge is -2.49. The molecule has 0 aromatic heterocycles. The van der Waals surface area contributed by atoms with Gasteiger partial charge in [-0.25, -0.2) is 0 Å². The van der Waals surface area contributed by atoms with Crippen LogP contribution in [0, 0.1) is 0 Å². The van der Waals surface area contributed by atoms with E-state index in [1.54, 1.807) is 60.8 Å². The molecule has 1 aliphatic rings. The second kappa shape index (κ2) is 24.1. The van der Waals surface area contributed by atoms with Crippen LogP contribution in [0.2, 0.25) is 0 Å². The average molecular weight is 1100 g/mol. The molecule has 0 aliphatic carbocycles. The molecule has 0 amide bonds. The van der Waals surface area contributed by atoms with Crippen molar-refractivity contribution in [1.29, 1.82) is 0 Å². The maximum absolute atomic E-state index is 14.9. The molecule has 430 valence electrons. The first-order valence-electron chi connectivity index (χ1n) is 27.0. The molecule has 1 atom stereocenters. The highest BCUT2D eigenvalue weighted by atomic mass is 19.4. The summed E-state index contributed by atoms with van der Waals surface area (Å²) in [7, 11) is 6.10. The second-order valence-corrected chi connectivity index (χ2v) is 23.6. The smallest absolute Gasteiger partial charge is 0.416 e. The minimum Gasteiger partial charge on any atom is -0.496 e. The van der Waals surface area contributed by atoms with Crippen LogP contribution in [0.4, 0.5) is 52.7 Å². The third kappa shape index (κ3) is 14.5. The van der Waals surface area contributed by atoms with Crippen molar-refractivity contribution in [3.8, 4) is 44.9 Å². The standard InChI is InChI=1S/C61H80F12NO3/c1-14-16-18-20-22-24-26-57(77-13,27-25-23-21-19-17-15-2)38(3)74(10)36-47-45(34-49(55(4,5)6)53(75-11)51(47)39-28-41(58(62,63)64)32-42(29-39)59(65,66)67)46-35-50(56(7,8)9)54(76-12)52(48(46)37-74)40-30-43(60(68,69)70)33-44(31-40)61(71,72)73/h28-35,38H,14-27,36-37H2,1-13H3/q+1/t38-/m0/s1. The average Bonchev–Trinajstić information content (AvgIpc) is 3.45. The van der Waals surface area contributed by atoms with Gasteiger partial charge in [-0.1, -0.05) is 132 Å². The lowest BCUT2D eigenvalue weighted by atomic mass is 9.76. The lowest BCUT2D eigenvalue weighted by Crippen LogP contribution is -2.61. The number of fused-ring (bicyclic) bond motifs is 3. The van der Waals surface area contributed by atoms with Gasteiger partial charge in [0.1, 0.15) is 36.2 Å². The van der Waals surface area contributed by atoms with Gasteiger partial charge in [0.2, 0.25) is 0 Å². The third-order valence-corrected chi connectivity index (χ3v) is 15.9. The van der Waals surface area contributed by atoms with Crippen LogP contribution in [-0.4, -0.2) is 44.5 Å². The molecule has 0 saturated carbocycles. The Morgan fingerprint density at radius 1 is 0.455 bits per heavy atom. The molecule has 4 aromatic carbocycles. The summed E-state index contributed by atoms with van der Waals surface area (Å²) in [6, 6.07) is 5.79. The number of rotatable bonds is 21. The van der Waals surface area contributed by atoms with Gasteiger partial charge in [0, 0.05) is 40.5 Å². The SMILES string of the molecule is CCCCCCCCC(CCCCCCCC)(OC)[C@H](C)[N+]1(C)Cc2c(cc(C(C)(C)C)c(OC)c2-c2cc(C(F)(F)F)cc(C(F)(F)F)c2)-c2cc(C(C)(C)C)c(OC)c(-c3cc(C(F)(F)F)cc(C(F)(F)F)c3)c2C1. The monoisotopic (exact) mass is 1100 g/mol. The van der Waals surface area contributed by atoms with E-state index in [1.165, 1.54) is 14.2 Å². The van der Waals surface area contributed by atoms with Crippen LogP contribution >= 0.6 is 0 Å². The Labute approximate surface area is 448 Å². The van der Waals surface area contributed by atoms with E-state index >= 15 is 0 Å². The number of alkyl halides is 12. The molecule has 0 radical (unpaired) electrons. The van der Waals surface area contributed by atoms with Gasteiger partial charge in [-0.05, 0) is 101 Å². The molecule has 4 nitrogen and oxygen atoms in total. The number of benzene rings is 4. The molecule has 1 heterocycles. The van der Waals surface area contributed by atoms with E-state index in [-0.39, 0.29) is 63.5 Å². The molecule has 0 fully saturated rings. The van der Waals surface area contributed by atoms with Gasteiger partial charge in [0.15, 0.2) is 0 Å². The number of quaternary nitrogens is 1. The predicted molar refractivity (Wildman–Crippen MR) is 282 cm³/mol. The van der Waals surface area contributed by atoms with Crippen molar-refractivity contribution in [3.63, 3.8) is 0 Å². The van der Waals surface area contributed by atoms with Crippen LogP contribution < -0.4 is 9.47 Å². The van der Waals surface area contributed by atoms with E-state index < -0.39 is 80.6 Å². The van der Waals surface area contributed by atoms with Crippen LogP contribution in [0.25, 0.3) is 33.4 Å². The molecule has 16 heteroatoms. The van der Waals surface area contributed by atoms with Crippen molar-refractivity contribution in [2.24, 2.45) is 0 Å². The summed E-state index contributed by atoms with van der Waals surface area (Å²) in [5.41, 5.74) is -8.07. The summed E-state index contributed by atoms with van der Waals surface area (Å²) in [5.74, 6) is 0.0296. The Morgan fingerprint density at radius 3 is 1.01 bits per heavy atom. The quantitative estimate of drug-likeness (QED) is 0.0473. The first-order valence-corrected chi connectivity index (χ1v) is 27.0. The van der Waals surface area contributed by atoms with Crippen molar-refractivity contribution in [2.45, 2.75) is 212 Å². The Morgan fingerprint density at radius 2 is 0.753 bits per heavy atom. The molecule has 0 saturated heterocycles. The number of methoxy groups -OCH3 is 3. The maximum atomic E-state index is 14.9. The molecule has 5 rings (SSSR count). The number of ether oxygens (including phenoxy) is 3. The van der Waals surface area contributed by atoms with Gasteiger partial charge in [-0.2, -0.15) is 52.7 Å². The lowest BCUT2D eigenvalue weighted by molar-refractivity contribution is -0.963. The summed E-state index contributed by atoms with van der Waals surface area (Å²) in [5, 5.41) is 0. The van der Waals surface area contributed by atoms with Crippen LogP contribution in [0.15, 0.2) is 48.5 Å². The molecule has 4 aromatic rings. The minimum atomic E-state index is -5.23. The summed E-state index contributed by atoms with van der Waals surface area (Å²) >= 11 is 0. The fourth-order valence-electron chi connectivity index (χ4n) is 11.5. The van der Waals surface area contributed by atoms with E-state index in [2.05, 4.69) is 13.8 Å². The van der Waals surface area contributed by atoms with Gasteiger partial charge in [-0.3, -0.25) is 0 Å². The maximum Gasteiger partial charge on any atom is 0.416 e. The van der Waals surface area contributed by atoms with Gasteiger partial charge in [0.25, 0.3) is 0 Å². The van der Waals surface area contributed by atoms with E-state index in [0.717, 1.165) is 77.0 Å². The number of nitrogens with zero attached hydrogens (tertiary/aromatic N) is 1. The molecular weight excluding hydrogens is 1020 g/mol. The Kier molecular flexibility index (Phi) is 19.8. The Hall–Kier alpha value is -4.44. The topological polar surface area (TPSA) is 27.7 Å². The fraction of sp³-hybridized carbons (Fsp3) is 0.607. The highest BCUT2D eigenvalue weighted by Gasteiger charge is 2.50. The van der Waals surface area contributed by atoms with Crippen molar-refractivity contribution in [2.75, 3.05) is 28.4 Å². The molecule has 0 spiro atoms. The number of hydrogen-bond donors (Lipinski definition) is 0. The first-order chi connectivity index (χ1) is 35.5. The van der Waals surface area contributed by atoms with Crippen molar-refractivity contribution < 1.29 is 71.4 Å². The third-order valence-electron chi connectivity index (χ3n) is 15.9. The van der Waals surface area contributed by atoms with Crippen LogP contribution in [-0.2, 0) is 53.4 Å². The van der Waals surface area contributed by atoms with E-state index in [1.807, 2.05) is 14.0 Å². The molecule has 77 heavy (non-hydrogen) atoms. The fourth-order valence-corrected chi connectivity index (χ4v) is 11.5.